The van der Waals surface area contributed by atoms with Crippen molar-refractivity contribution in [3.63, 3.8) is 0 Å². The second-order valence-electron chi connectivity index (χ2n) is 26.4. The van der Waals surface area contributed by atoms with Gasteiger partial charge >= 0.3 is 0 Å². The summed E-state index contributed by atoms with van der Waals surface area (Å²) in [7, 11) is 0. The molecule has 0 heteroatoms. The monoisotopic (exact) mass is 899 g/mol. The Morgan fingerprint density at radius 1 is 0.343 bits per heavy atom. The summed E-state index contributed by atoms with van der Waals surface area (Å²) in [4.78, 5) is 0. The van der Waals surface area contributed by atoms with E-state index in [9.17, 15) is 0 Å². The lowest BCUT2D eigenvalue weighted by molar-refractivity contribution is 0.251. The van der Waals surface area contributed by atoms with Gasteiger partial charge in [0.1, 0.15) is 0 Å². The molecule has 0 N–H and O–H groups in total. The lowest BCUT2D eigenvalue weighted by Gasteiger charge is -2.35. The summed E-state index contributed by atoms with van der Waals surface area (Å²) in [6.07, 6.45) is 18.4. The van der Waals surface area contributed by atoms with E-state index in [2.05, 4.69) is 213 Å². The van der Waals surface area contributed by atoms with Gasteiger partial charge in [-0.15, -0.1) is 0 Å². The maximum atomic E-state index is 2.41. The largest absolute Gasteiger partial charge is 0.0620 e. The third-order valence-corrected chi connectivity index (χ3v) is 16.0. The van der Waals surface area contributed by atoms with Gasteiger partial charge in [-0.05, 0) is 201 Å². The number of rotatable bonds is 0. The SMILES string of the molecule is CC(C)(C)C1CCCc2ccccc21.CC(C)(C)C1CCc2ccccc21.CC(C)(C)C1Cc2ccccc2C1.CC(C)(C)c1ccc2c(c1)CCC2.CC(C)(C)c1cccc2c1CCCC2. The molecule has 67 heavy (non-hydrogen) atoms. The Bertz CT molecular complexity index is 2320. The average Bonchev–Trinajstić information content (AvgIpc) is 4.05. The van der Waals surface area contributed by atoms with Crippen LogP contribution in [-0.4, -0.2) is 0 Å². The Morgan fingerprint density at radius 3 is 1.37 bits per heavy atom. The van der Waals surface area contributed by atoms with E-state index in [4.69, 9.17) is 0 Å². The maximum Gasteiger partial charge on any atom is -0.0107 e. The molecule has 5 aromatic rings. The lowest BCUT2D eigenvalue weighted by atomic mass is 9.69. The first-order chi connectivity index (χ1) is 31.4. The highest BCUT2D eigenvalue weighted by molar-refractivity contribution is 5.41. The van der Waals surface area contributed by atoms with Crippen LogP contribution in [-0.2, 0) is 62.2 Å². The first-order valence-corrected chi connectivity index (χ1v) is 26.9. The molecule has 0 saturated carbocycles. The van der Waals surface area contributed by atoms with Crippen LogP contribution < -0.4 is 0 Å². The molecule has 0 heterocycles. The second kappa shape index (κ2) is 21.8. The first-order valence-electron chi connectivity index (χ1n) is 26.9. The molecule has 0 nitrogen and oxygen atoms in total. The van der Waals surface area contributed by atoms with Gasteiger partial charge in [-0.2, -0.15) is 0 Å². The van der Waals surface area contributed by atoms with E-state index >= 15 is 0 Å². The van der Waals surface area contributed by atoms with Crippen molar-refractivity contribution in [2.24, 2.45) is 22.2 Å². The molecule has 0 fully saturated rings. The van der Waals surface area contributed by atoms with Gasteiger partial charge in [0, 0.05) is 0 Å². The molecule has 2 unspecified atom stereocenters. The lowest BCUT2D eigenvalue weighted by Crippen LogP contribution is -2.22. The molecule has 0 amide bonds. The molecule has 0 saturated heterocycles. The van der Waals surface area contributed by atoms with Crippen LogP contribution in [0.4, 0.5) is 0 Å². The predicted molar refractivity (Wildman–Crippen MR) is 294 cm³/mol. The average molecular weight is 899 g/mol. The van der Waals surface area contributed by atoms with Gasteiger partial charge in [0.15, 0.2) is 0 Å². The zero-order valence-corrected chi connectivity index (χ0v) is 45.5. The van der Waals surface area contributed by atoms with Gasteiger partial charge in [0.2, 0.25) is 0 Å². The van der Waals surface area contributed by atoms with E-state index in [-0.39, 0.29) is 0 Å². The van der Waals surface area contributed by atoms with Crippen LogP contribution in [0.3, 0.4) is 0 Å². The van der Waals surface area contributed by atoms with E-state index < -0.39 is 0 Å². The first kappa shape index (κ1) is 52.5. The Balaban J connectivity index is 0.000000138. The fourth-order valence-corrected chi connectivity index (χ4v) is 11.8. The number of benzene rings is 5. The second-order valence-corrected chi connectivity index (χ2v) is 26.4. The maximum absolute atomic E-state index is 2.41. The molecule has 0 bridgehead atoms. The molecule has 2 atom stereocenters. The summed E-state index contributed by atoms with van der Waals surface area (Å²) in [5.41, 5.74) is 20.9. The fourth-order valence-electron chi connectivity index (χ4n) is 11.8. The standard InChI is InChI=1S/2C14H20.3C13H18/c2*1-14(2,3)13-10-6-8-11-7-4-5-9-12(11)13;1-13(2,3)12-8-7-10-5-4-6-11(10)9-12;1-13(2,3)12-8-10-6-4-5-7-11(10)9-12;1-13(2,3)12-9-8-10-6-4-5-7-11(10)12/h6,8,10H,4-5,7,9H2,1-3H3;4-5,7,9,13H,6,8,10H2,1-3H3;7-9H,4-6H2,1-3H3;2*4-7,12H,8-9H2,1-3H3. The van der Waals surface area contributed by atoms with Crippen molar-refractivity contribution < 1.29 is 0 Å². The zero-order valence-electron chi connectivity index (χ0n) is 45.5. The smallest absolute Gasteiger partial charge is 0.0107 e. The zero-order chi connectivity index (χ0) is 48.8. The minimum atomic E-state index is 0.303. The molecule has 0 aromatic heterocycles. The van der Waals surface area contributed by atoms with E-state index in [1.165, 1.54) is 95.5 Å². The Morgan fingerprint density at radius 2 is 0.821 bits per heavy atom. The number of hydrogen-bond donors (Lipinski definition) is 0. The molecule has 0 radical (unpaired) electrons. The summed E-state index contributed by atoms with van der Waals surface area (Å²) in [5.74, 6) is 2.36. The summed E-state index contributed by atoms with van der Waals surface area (Å²) in [6.45, 7) is 35.0. The molecular weight excluding hydrogens is 805 g/mol. The quantitative estimate of drug-likeness (QED) is 0.145. The third-order valence-electron chi connectivity index (χ3n) is 16.0. The summed E-state index contributed by atoms with van der Waals surface area (Å²) in [6, 6.07) is 40.6. The number of hydrogen-bond acceptors (Lipinski definition) is 0. The van der Waals surface area contributed by atoms with Crippen LogP contribution in [0.15, 0.2) is 109 Å². The number of aryl methyl sites for hydroxylation is 5. The van der Waals surface area contributed by atoms with E-state index in [1.54, 1.807) is 61.2 Å². The van der Waals surface area contributed by atoms with Gasteiger partial charge in [-0.3, -0.25) is 0 Å². The highest BCUT2D eigenvalue weighted by atomic mass is 14.4. The van der Waals surface area contributed by atoms with Crippen LogP contribution in [0, 0.1) is 22.2 Å². The minimum absolute atomic E-state index is 0.303. The van der Waals surface area contributed by atoms with Crippen LogP contribution in [0.25, 0.3) is 0 Å². The molecule has 0 spiro atoms. The minimum Gasteiger partial charge on any atom is -0.0620 e. The Kier molecular flexibility index (Phi) is 17.1. The van der Waals surface area contributed by atoms with Gasteiger partial charge in [-0.1, -0.05) is 213 Å². The molecule has 5 aliphatic carbocycles. The number of fused-ring (bicyclic) bond motifs is 5. The molecule has 0 aliphatic heterocycles. The van der Waals surface area contributed by atoms with Crippen molar-refractivity contribution in [1.29, 1.82) is 0 Å². The highest BCUT2D eigenvalue weighted by Gasteiger charge is 2.33. The Hall–Kier alpha value is -3.90. The van der Waals surface area contributed by atoms with Gasteiger partial charge < -0.3 is 0 Å². The molecule has 10 rings (SSSR count). The van der Waals surface area contributed by atoms with Gasteiger partial charge in [-0.25, -0.2) is 0 Å². The van der Waals surface area contributed by atoms with E-state index in [0.29, 0.717) is 27.1 Å². The fraction of sp³-hybridized carbons (Fsp3) is 0.552. The summed E-state index contributed by atoms with van der Waals surface area (Å²) < 4.78 is 0. The van der Waals surface area contributed by atoms with Crippen LogP contribution >= 0.6 is 0 Å². The van der Waals surface area contributed by atoms with Crippen molar-refractivity contribution in [3.8, 4) is 0 Å². The molecule has 362 valence electrons. The van der Waals surface area contributed by atoms with Crippen molar-refractivity contribution in [1.82, 2.24) is 0 Å². The molecule has 5 aliphatic rings. The summed E-state index contributed by atoms with van der Waals surface area (Å²) in [5, 5.41) is 0. The van der Waals surface area contributed by atoms with Crippen LogP contribution in [0.2, 0.25) is 0 Å². The Labute approximate surface area is 412 Å². The highest BCUT2D eigenvalue weighted by Crippen LogP contribution is 2.45. The van der Waals surface area contributed by atoms with E-state index in [0.717, 1.165) is 17.8 Å². The van der Waals surface area contributed by atoms with Crippen molar-refractivity contribution in [2.75, 3.05) is 0 Å². The van der Waals surface area contributed by atoms with Gasteiger partial charge in [0.25, 0.3) is 0 Å². The topological polar surface area (TPSA) is 0 Å². The van der Waals surface area contributed by atoms with Crippen LogP contribution in [0.5, 0.6) is 0 Å². The normalized spacial score (nSPS) is 18.7. The molecular formula is C67H94. The van der Waals surface area contributed by atoms with E-state index in [1.807, 2.05) is 0 Å². The molecule has 5 aromatic carbocycles. The van der Waals surface area contributed by atoms with Crippen molar-refractivity contribution in [3.05, 3.63) is 176 Å². The van der Waals surface area contributed by atoms with Crippen LogP contribution in [0.1, 0.15) is 221 Å². The van der Waals surface area contributed by atoms with Gasteiger partial charge in [0.05, 0.1) is 0 Å². The summed E-state index contributed by atoms with van der Waals surface area (Å²) >= 11 is 0. The predicted octanol–water partition coefficient (Wildman–Crippen LogP) is 18.7. The van der Waals surface area contributed by atoms with Crippen molar-refractivity contribution in [2.45, 2.75) is 216 Å². The third kappa shape index (κ3) is 14.1. The van der Waals surface area contributed by atoms with Crippen molar-refractivity contribution >= 4 is 0 Å².